The number of nitrogens with zero attached hydrogens (tertiary/aromatic N) is 2. The standard InChI is InChI=1S/C13H10Cl2N4S/c14-11-4-3-10(6-12(11)15)18-13(20)19-17-8-9-2-1-5-16-7-9/h1-8H,(H2,18,19,20)/b17-8-. The van der Waals surface area contributed by atoms with Gasteiger partial charge in [0.25, 0.3) is 0 Å². The third-order valence-corrected chi connectivity index (χ3v) is 3.17. The summed E-state index contributed by atoms with van der Waals surface area (Å²) in [5.41, 5.74) is 4.30. The quantitative estimate of drug-likeness (QED) is 0.513. The minimum atomic E-state index is 0.350. The van der Waals surface area contributed by atoms with Crippen LogP contribution < -0.4 is 10.7 Å². The average molecular weight is 325 g/mol. The van der Waals surface area contributed by atoms with Gasteiger partial charge in [0, 0.05) is 23.6 Å². The molecule has 1 aromatic heterocycles. The summed E-state index contributed by atoms with van der Waals surface area (Å²) < 4.78 is 0. The molecule has 0 saturated heterocycles. The number of benzene rings is 1. The molecule has 0 aliphatic carbocycles. The Hall–Kier alpha value is -1.69. The Morgan fingerprint density at radius 3 is 2.80 bits per heavy atom. The monoisotopic (exact) mass is 324 g/mol. The highest BCUT2D eigenvalue weighted by molar-refractivity contribution is 7.80. The summed E-state index contributed by atoms with van der Waals surface area (Å²) >= 11 is 16.8. The second kappa shape index (κ2) is 7.19. The molecule has 0 bridgehead atoms. The van der Waals surface area contributed by atoms with E-state index >= 15 is 0 Å². The third-order valence-electron chi connectivity index (χ3n) is 2.24. The summed E-state index contributed by atoms with van der Waals surface area (Å²) in [5, 5.41) is 8.24. The van der Waals surface area contributed by atoms with Crippen LogP contribution >= 0.6 is 35.4 Å². The van der Waals surface area contributed by atoms with E-state index in [1.807, 2.05) is 12.1 Å². The molecule has 102 valence electrons. The van der Waals surface area contributed by atoms with Gasteiger partial charge in [-0.15, -0.1) is 0 Å². The van der Waals surface area contributed by atoms with Crippen LogP contribution in [0.2, 0.25) is 10.0 Å². The first-order chi connectivity index (χ1) is 9.65. The van der Waals surface area contributed by atoms with E-state index in [0.717, 1.165) is 11.3 Å². The number of thiocarbonyl (C=S) groups is 1. The Balaban J connectivity index is 1.89. The molecule has 4 nitrogen and oxygen atoms in total. The summed E-state index contributed by atoms with van der Waals surface area (Å²) in [5.74, 6) is 0. The van der Waals surface area contributed by atoms with Crippen molar-refractivity contribution in [2.24, 2.45) is 5.10 Å². The highest BCUT2D eigenvalue weighted by Gasteiger charge is 2.00. The number of pyridine rings is 1. The largest absolute Gasteiger partial charge is 0.331 e. The fourth-order valence-electron chi connectivity index (χ4n) is 1.35. The lowest BCUT2D eigenvalue weighted by atomic mass is 10.3. The molecule has 0 aliphatic heterocycles. The lowest BCUT2D eigenvalue weighted by Gasteiger charge is -2.07. The van der Waals surface area contributed by atoms with Crippen molar-refractivity contribution in [1.29, 1.82) is 0 Å². The molecule has 0 fully saturated rings. The molecule has 1 heterocycles. The first-order valence-corrected chi connectivity index (χ1v) is 6.77. The fraction of sp³-hybridized carbons (Fsp3) is 0. The number of aromatic nitrogens is 1. The topological polar surface area (TPSA) is 49.3 Å². The van der Waals surface area contributed by atoms with E-state index in [9.17, 15) is 0 Å². The van der Waals surface area contributed by atoms with Crippen LogP contribution in [0.15, 0.2) is 47.8 Å². The molecule has 2 aromatic rings. The Morgan fingerprint density at radius 2 is 2.10 bits per heavy atom. The Bertz CT molecular complexity index is 632. The first kappa shape index (κ1) is 14.7. The molecule has 0 spiro atoms. The second-order valence-corrected chi connectivity index (χ2v) is 4.96. The minimum Gasteiger partial charge on any atom is -0.331 e. The van der Waals surface area contributed by atoms with E-state index in [0.29, 0.717) is 15.2 Å². The molecule has 0 atom stereocenters. The van der Waals surface area contributed by atoms with Gasteiger partial charge in [0.1, 0.15) is 0 Å². The lowest BCUT2D eigenvalue weighted by Crippen LogP contribution is -2.23. The van der Waals surface area contributed by atoms with Gasteiger partial charge in [-0.25, -0.2) is 0 Å². The van der Waals surface area contributed by atoms with Gasteiger partial charge in [-0.05, 0) is 36.5 Å². The number of halogens is 2. The van der Waals surface area contributed by atoms with Gasteiger partial charge >= 0.3 is 0 Å². The van der Waals surface area contributed by atoms with E-state index < -0.39 is 0 Å². The Labute approximate surface area is 131 Å². The molecule has 2 rings (SSSR count). The van der Waals surface area contributed by atoms with Crippen LogP contribution in [0.3, 0.4) is 0 Å². The van der Waals surface area contributed by atoms with Crippen LogP contribution in [-0.4, -0.2) is 16.3 Å². The van der Waals surface area contributed by atoms with Crippen LogP contribution in [-0.2, 0) is 0 Å². The first-order valence-electron chi connectivity index (χ1n) is 5.60. The molecule has 1 aromatic carbocycles. The normalized spacial score (nSPS) is 10.5. The number of hydrogen-bond donors (Lipinski definition) is 2. The van der Waals surface area contributed by atoms with Gasteiger partial charge < -0.3 is 5.32 Å². The smallest absolute Gasteiger partial charge is 0.191 e. The van der Waals surface area contributed by atoms with E-state index in [1.165, 1.54) is 0 Å². The lowest BCUT2D eigenvalue weighted by molar-refractivity contribution is 1.05. The highest BCUT2D eigenvalue weighted by atomic mass is 35.5. The van der Waals surface area contributed by atoms with E-state index in [1.54, 1.807) is 36.8 Å². The molecule has 0 radical (unpaired) electrons. The molecular formula is C13H10Cl2N4S. The van der Waals surface area contributed by atoms with Crippen LogP contribution in [0.25, 0.3) is 0 Å². The number of hydrogen-bond acceptors (Lipinski definition) is 3. The van der Waals surface area contributed by atoms with Crippen molar-refractivity contribution in [3.63, 3.8) is 0 Å². The number of nitrogens with one attached hydrogen (secondary N) is 2. The van der Waals surface area contributed by atoms with Gasteiger partial charge in [0.15, 0.2) is 5.11 Å². The summed E-state index contributed by atoms with van der Waals surface area (Å²) in [4.78, 5) is 3.97. The van der Waals surface area contributed by atoms with Crippen molar-refractivity contribution in [3.8, 4) is 0 Å². The fourth-order valence-corrected chi connectivity index (χ4v) is 1.82. The number of hydrazone groups is 1. The maximum atomic E-state index is 5.91. The zero-order chi connectivity index (χ0) is 14.4. The molecule has 0 saturated carbocycles. The Kier molecular flexibility index (Phi) is 5.29. The van der Waals surface area contributed by atoms with Crippen LogP contribution in [0.5, 0.6) is 0 Å². The highest BCUT2D eigenvalue weighted by Crippen LogP contribution is 2.24. The molecule has 20 heavy (non-hydrogen) atoms. The van der Waals surface area contributed by atoms with E-state index in [-0.39, 0.29) is 0 Å². The average Bonchev–Trinajstić information content (AvgIpc) is 2.44. The molecule has 0 unspecified atom stereocenters. The maximum absolute atomic E-state index is 5.91. The predicted molar refractivity (Wildman–Crippen MR) is 87.6 cm³/mol. The maximum Gasteiger partial charge on any atom is 0.191 e. The molecule has 2 N–H and O–H groups in total. The summed E-state index contributed by atoms with van der Waals surface area (Å²) in [6, 6.07) is 8.85. The van der Waals surface area contributed by atoms with Crippen LogP contribution in [0.1, 0.15) is 5.56 Å². The van der Waals surface area contributed by atoms with Gasteiger partial charge in [-0.2, -0.15) is 5.10 Å². The summed E-state index contributed by atoms with van der Waals surface area (Å²) in [7, 11) is 0. The molecule has 0 amide bonds. The van der Waals surface area contributed by atoms with Gasteiger partial charge in [0.05, 0.1) is 16.3 Å². The predicted octanol–water partition coefficient (Wildman–Crippen LogP) is 3.71. The van der Waals surface area contributed by atoms with Crippen molar-refractivity contribution >= 4 is 52.4 Å². The van der Waals surface area contributed by atoms with Crippen molar-refractivity contribution < 1.29 is 0 Å². The summed E-state index contributed by atoms with van der Waals surface area (Å²) in [6.07, 6.45) is 5.01. The molecular weight excluding hydrogens is 315 g/mol. The molecule has 0 aliphatic rings. The van der Waals surface area contributed by atoms with Crippen molar-refractivity contribution in [2.75, 3.05) is 5.32 Å². The van der Waals surface area contributed by atoms with E-state index in [2.05, 4.69) is 20.8 Å². The second-order valence-electron chi connectivity index (χ2n) is 3.74. The Morgan fingerprint density at radius 1 is 1.25 bits per heavy atom. The van der Waals surface area contributed by atoms with Gasteiger partial charge in [0.2, 0.25) is 0 Å². The zero-order valence-corrected chi connectivity index (χ0v) is 12.5. The number of anilines is 1. The molecule has 7 heteroatoms. The van der Waals surface area contributed by atoms with Crippen LogP contribution in [0, 0.1) is 0 Å². The SMILES string of the molecule is S=C(N/N=C\c1cccnc1)Nc1ccc(Cl)c(Cl)c1. The van der Waals surface area contributed by atoms with Gasteiger partial charge in [-0.3, -0.25) is 10.4 Å². The van der Waals surface area contributed by atoms with Gasteiger partial charge in [-0.1, -0.05) is 29.3 Å². The minimum absolute atomic E-state index is 0.350. The van der Waals surface area contributed by atoms with E-state index in [4.69, 9.17) is 35.4 Å². The zero-order valence-electron chi connectivity index (χ0n) is 10.2. The van der Waals surface area contributed by atoms with Crippen molar-refractivity contribution in [3.05, 3.63) is 58.3 Å². The third kappa shape index (κ3) is 4.45. The van der Waals surface area contributed by atoms with Crippen molar-refractivity contribution in [2.45, 2.75) is 0 Å². The van der Waals surface area contributed by atoms with Crippen molar-refractivity contribution in [1.82, 2.24) is 10.4 Å². The number of rotatable bonds is 3. The van der Waals surface area contributed by atoms with Crippen LogP contribution in [0.4, 0.5) is 5.69 Å². The summed E-state index contributed by atoms with van der Waals surface area (Å²) in [6.45, 7) is 0.